The minimum atomic E-state index is -1.09. The van der Waals surface area contributed by atoms with Gasteiger partial charge in [0.25, 0.3) is 0 Å². The van der Waals surface area contributed by atoms with Crippen LogP contribution in [0.1, 0.15) is 18.4 Å². The lowest BCUT2D eigenvalue weighted by atomic mass is 10.1. The molecule has 2 saturated heterocycles. The van der Waals surface area contributed by atoms with Crippen LogP contribution < -0.4 is 5.32 Å². The second-order valence-electron chi connectivity index (χ2n) is 7.72. The van der Waals surface area contributed by atoms with Crippen molar-refractivity contribution in [1.82, 2.24) is 14.8 Å². The van der Waals surface area contributed by atoms with Crippen molar-refractivity contribution in [3.05, 3.63) is 36.0 Å². The highest BCUT2D eigenvalue weighted by molar-refractivity contribution is 5.93. The van der Waals surface area contributed by atoms with Gasteiger partial charge in [0.15, 0.2) is 0 Å². The van der Waals surface area contributed by atoms with Gasteiger partial charge in [0, 0.05) is 42.8 Å². The zero-order chi connectivity index (χ0) is 19.7. The summed E-state index contributed by atoms with van der Waals surface area (Å²) in [4.78, 5) is 20.4. The van der Waals surface area contributed by atoms with E-state index >= 15 is 0 Å². The number of pyridine rings is 1. The van der Waals surface area contributed by atoms with Crippen LogP contribution in [-0.4, -0.2) is 65.1 Å². The second kappa shape index (κ2) is 7.72. The number of rotatable bonds is 4. The third-order valence-corrected chi connectivity index (χ3v) is 5.69. The first-order valence-electron chi connectivity index (χ1n) is 9.71. The molecule has 0 bridgehead atoms. The quantitative estimate of drug-likeness (QED) is 0.881. The summed E-state index contributed by atoms with van der Waals surface area (Å²) in [5, 5.41) is 13.9. The summed E-state index contributed by atoms with van der Waals surface area (Å²) in [6, 6.07) is 9.73. The summed E-state index contributed by atoms with van der Waals surface area (Å²) in [5.41, 5.74) is 3.21. The molecule has 1 amide bonds. The molecule has 1 aromatic carbocycles. The molecule has 2 aliphatic heterocycles. The lowest BCUT2D eigenvalue weighted by Crippen LogP contribution is -2.42. The van der Waals surface area contributed by atoms with E-state index in [1.165, 1.54) is 4.90 Å². The van der Waals surface area contributed by atoms with Crippen LogP contribution >= 0.6 is 0 Å². The Kier molecular flexibility index (Phi) is 5.14. The van der Waals surface area contributed by atoms with Crippen LogP contribution in [-0.2, 0) is 4.79 Å². The van der Waals surface area contributed by atoms with Crippen molar-refractivity contribution in [1.29, 1.82) is 5.26 Å². The van der Waals surface area contributed by atoms with Gasteiger partial charge in [-0.25, -0.2) is 4.39 Å². The van der Waals surface area contributed by atoms with Crippen molar-refractivity contribution in [3.63, 3.8) is 0 Å². The molecule has 3 heterocycles. The van der Waals surface area contributed by atoms with E-state index in [1.807, 2.05) is 18.2 Å². The minimum absolute atomic E-state index is 0.0365. The molecule has 2 aliphatic rings. The number of aryl methyl sites for hydroxylation is 1. The Balaban J connectivity index is 1.40. The molecule has 4 rings (SSSR count). The molecular weight excluding hydrogens is 357 g/mol. The highest BCUT2D eigenvalue weighted by Crippen LogP contribution is 2.28. The summed E-state index contributed by atoms with van der Waals surface area (Å²) in [5.74, 6) is -0.155. The Labute approximate surface area is 163 Å². The Morgan fingerprint density at radius 1 is 1.39 bits per heavy atom. The maximum Gasteiger partial charge on any atom is 0.237 e. The molecule has 0 saturated carbocycles. The first-order valence-corrected chi connectivity index (χ1v) is 9.71. The second-order valence-corrected chi connectivity index (χ2v) is 7.72. The molecule has 6 nitrogen and oxygen atoms in total. The monoisotopic (exact) mass is 381 g/mol. The lowest BCUT2D eigenvalue weighted by molar-refractivity contribution is -0.132. The number of nitriles is 1. The summed E-state index contributed by atoms with van der Waals surface area (Å²) < 4.78 is 13.6. The molecular formula is C21H24FN5O. The van der Waals surface area contributed by atoms with Crippen LogP contribution in [0.25, 0.3) is 10.9 Å². The number of hydrogen-bond donors (Lipinski definition) is 1. The number of fused-ring (bicyclic) bond motifs is 1. The minimum Gasteiger partial charge on any atom is -0.380 e. The summed E-state index contributed by atoms with van der Waals surface area (Å²) in [6.07, 6.45) is 1.75. The number of aromatic nitrogens is 1. The Morgan fingerprint density at radius 2 is 2.25 bits per heavy atom. The topological polar surface area (TPSA) is 72.3 Å². The molecule has 2 aromatic rings. The van der Waals surface area contributed by atoms with Crippen LogP contribution in [0.15, 0.2) is 30.5 Å². The van der Waals surface area contributed by atoms with Gasteiger partial charge < -0.3 is 10.2 Å². The van der Waals surface area contributed by atoms with E-state index in [9.17, 15) is 9.18 Å². The third kappa shape index (κ3) is 3.65. The number of hydrogen-bond acceptors (Lipinski definition) is 5. The average Bonchev–Trinajstić information content (AvgIpc) is 3.30. The third-order valence-electron chi connectivity index (χ3n) is 5.69. The van der Waals surface area contributed by atoms with Crippen LogP contribution in [0.5, 0.6) is 0 Å². The van der Waals surface area contributed by atoms with E-state index in [-0.39, 0.29) is 31.5 Å². The van der Waals surface area contributed by atoms with Crippen molar-refractivity contribution in [3.8, 4) is 6.07 Å². The zero-order valence-electron chi connectivity index (χ0n) is 15.9. The van der Waals surface area contributed by atoms with Crippen molar-refractivity contribution in [2.45, 2.75) is 38.0 Å². The van der Waals surface area contributed by atoms with E-state index in [0.717, 1.165) is 41.7 Å². The molecule has 2 fully saturated rings. The van der Waals surface area contributed by atoms with Crippen molar-refractivity contribution in [2.24, 2.45) is 0 Å². The standard InChI is InChI=1S/C21H24FN5O/c1-14-4-5-19-18(3-2-7-24-19)21(14)25-16-6-8-26(12-16)13-20(28)27-11-15(22)9-17(27)10-23/h2-5,7,15-17,25H,6,8-9,11-13H2,1H3/t15-,16+,17-/m0/s1. The van der Waals surface area contributed by atoms with Crippen molar-refractivity contribution >= 4 is 22.5 Å². The number of nitrogens with one attached hydrogen (secondary N) is 1. The maximum atomic E-state index is 13.6. The molecule has 0 spiro atoms. The summed E-state index contributed by atoms with van der Waals surface area (Å²) in [7, 11) is 0. The van der Waals surface area contributed by atoms with E-state index in [2.05, 4.69) is 34.3 Å². The largest absolute Gasteiger partial charge is 0.380 e. The van der Waals surface area contributed by atoms with Crippen molar-refractivity contribution in [2.75, 3.05) is 31.5 Å². The number of anilines is 1. The molecule has 1 aromatic heterocycles. The fraction of sp³-hybridized carbons (Fsp3) is 0.476. The number of halogens is 1. The van der Waals surface area contributed by atoms with Gasteiger partial charge in [-0.2, -0.15) is 5.26 Å². The van der Waals surface area contributed by atoms with Crippen molar-refractivity contribution < 1.29 is 9.18 Å². The van der Waals surface area contributed by atoms with E-state index in [4.69, 9.17) is 5.26 Å². The molecule has 0 radical (unpaired) electrons. The number of alkyl halides is 1. The van der Waals surface area contributed by atoms with Gasteiger partial charge in [0.1, 0.15) is 12.2 Å². The first-order chi connectivity index (χ1) is 13.5. The normalized spacial score (nSPS) is 25.2. The number of likely N-dealkylation sites (tertiary alicyclic amines) is 2. The van der Waals surface area contributed by atoms with Crippen LogP contribution in [0.2, 0.25) is 0 Å². The smallest absolute Gasteiger partial charge is 0.237 e. The van der Waals surface area contributed by atoms with Gasteiger partial charge in [-0.1, -0.05) is 6.07 Å². The molecule has 3 atom stereocenters. The first kappa shape index (κ1) is 18.6. The predicted octanol–water partition coefficient (Wildman–Crippen LogP) is 2.49. The van der Waals surface area contributed by atoms with Crippen LogP contribution in [0, 0.1) is 18.3 Å². The molecule has 0 aliphatic carbocycles. The lowest BCUT2D eigenvalue weighted by Gasteiger charge is -2.23. The Morgan fingerprint density at radius 3 is 3.07 bits per heavy atom. The number of nitrogens with zero attached hydrogens (tertiary/aromatic N) is 4. The fourth-order valence-electron chi connectivity index (χ4n) is 4.22. The average molecular weight is 381 g/mol. The van der Waals surface area contributed by atoms with Gasteiger partial charge in [-0.3, -0.25) is 14.7 Å². The molecule has 7 heteroatoms. The number of amides is 1. The molecule has 1 N–H and O–H groups in total. The van der Waals surface area contributed by atoms with E-state index in [0.29, 0.717) is 0 Å². The Bertz CT molecular complexity index is 927. The van der Waals surface area contributed by atoms with Gasteiger partial charge in [-0.05, 0) is 37.1 Å². The zero-order valence-corrected chi connectivity index (χ0v) is 15.9. The van der Waals surface area contributed by atoms with E-state index in [1.54, 1.807) is 6.20 Å². The highest BCUT2D eigenvalue weighted by Gasteiger charge is 2.36. The Hall–Kier alpha value is -2.72. The number of carbonyl (C=O) groups is 1. The number of benzene rings is 1. The fourth-order valence-corrected chi connectivity index (χ4v) is 4.22. The van der Waals surface area contributed by atoms with Gasteiger partial charge in [0.05, 0.1) is 24.7 Å². The van der Waals surface area contributed by atoms with Gasteiger partial charge >= 0.3 is 0 Å². The number of carbonyl (C=O) groups excluding carboxylic acids is 1. The summed E-state index contributed by atoms with van der Waals surface area (Å²) in [6.45, 7) is 3.89. The van der Waals surface area contributed by atoms with E-state index < -0.39 is 12.2 Å². The maximum absolute atomic E-state index is 13.6. The van der Waals surface area contributed by atoms with Crippen LogP contribution in [0.4, 0.5) is 10.1 Å². The highest BCUT2D eigenvalue weighted by atomic mass is 19.1. The molecule has 0 unspecified atom stereocenters. The SMILES string of the molecule is Cc1ccc2ncccc2c1N[C@@H]1CCN(CC(=O)N2C[C@@H](F)C[C@H]2C#N)C1. The predicted molar refractivity (Wildman–Crippen MR) is 106 cm³/mol. The van der Waals surface area contributed by atoms with Gasteiger partial charge in [0.2, 0.25) is 5.91 Å². The van der Waals surface area contributed by atoms with Crippen LogP contribution in [0.3, 0.4) is 0 Å². The molecule has 28 heavy (non-hydrogen) atoms. The van der Waals surface area contributed by atoms with Gasteiger partial charge in [-0.15, -0.1) is 0 Å². The molecule has 146 valence electrons. The summed E-state index contributed by atoms with van der Waals surface area (Å²) >= 11 is 0.